The van der Waals surface area contributed by atoms with Crippen molar-refractivity contribution in [3.63, 3.8) is 0 Å². The van der Waals surface area contributed by atoms with E-state index in [4.69, 9.17) is 18.9 Å². The first kappa shape index (κ1) is 15.6. The lowest BCUT2D eigenvalue weighted by Gasteiger charge is -2.17. The van der Waals surface area contributed by atoms with Crippen LogP contribution in [0, 0.1) is 0 Å². The number of aliphatic hydroxyl groups excluding tert-OH is 1. The van der Waals surface area contributed by atoms with Gasteiger partial charge in [-0.3, -0.25) is 0 Å². The molecule has 1 N–H and O–H groups in total. The molecule has 0 amide bonds. The second-order valence-electron chi connectivity index (χ2n) is 5.35. The highest BCUT2D eigenvalue weighted by Gasteiger charge is 2.35. The fourth-order valence-electron chi connectivity index (χ4n) is 2.81. The fourth-order valence-corrected chi connectivity index (χ4v) is 2.81. The van der Waals surface area contributed by atoms with Crippen LogP contribution < -0.4 is 14.2 Å². The van der Waals surface area contributed by atoms with Crippen LogP contribution in [0.25, 0.3) is 0 Å². The molecule has 1 aliphatic heterocycles. The summed E-state index contributed by atoms with van der Waals surface area (Å²) < 4.78 is 21.6. The lowest BCUT2D eigenvalue weighted by molar-refractivity contribution is 0.0510. The molecule has 122 valence electrons. The van der Waals surface area contributed by atoms with Crippen molar-refractivity contribution in [3.8, 4) is 17.2 Å². The van der Waals surface area contributed by atoms with Crippen LogP contribution in [-0.2, 0) is 4.74 Å². The van der Waals surface area contributed by atoms with Crippen molar-refractivity contribution in [1.82, 2.24) is 0 Å². The predicted molar refractivity (Wildman–Crippen MR) is 85.1 cm³/mol. The third-order valence-corrected chi connectivity index (χ3v) is 3.98. The number of hydrogen-bond acceptors (Lipinski definition) is 5. The number of methoxy groups -OCH3 is 2. The van der Waals surface area contributed by atoms with Gasteiger partial charge < -0.3 is 24.1 Å². The van der Waals surface area contributed by atoms with Gasteiger partial charge in [0.2, 0.25) is 0 Å². The van der Waals surface area contributed by atoms with Crippen molar-refractivity contribution in [1.29, 1.82) is 0 Å². The summed E-state index contributed by atoms with van der Waals surface area (Å²) in [5, 5.41) is 9.84. The van der Waals surface area contributed by atoms with Gasteiger partial charge in [0.25, 0.3) is 0 Å². The molecule has 0 radical (unpaired) electrons. The molecule has 2 aromatic carbocycles. The molecule has 0 aliphatic carbocycles. The number of ether oxygens (including phenoxy) is 4. The molecule has 0 spiro atoms. The van der Waals surface area contributed by atoms with Crippen LogP contribution in [0.5, 0.6) is 17.2 Å². The molecular weight excluding hydrogens is 296 g/mol. The first-order valence-electron chi connectivity index (χ1n) is 7.44. The van der Waals surface area contributed by atoms with E-state index in [1.165, 1.54) is 0 Å². The van der Waals surface area contributed by atoms with Crippen molar-refractivity contribution >= 4 is 0 Å². The Labute approximate surface area is 135 Å². The van der Waals surface area contributed by atoms with E-state index < -0.39 is 0 Å². The van der Waals surface area contributed by atoms with Crippen molar-refractivity contribution in [2.24, 2.45) is 0 Å². The van der Waals surface area contributed by atoms with Crippen LogP contribution in [-0.4, -0.2) is 32.7 Å². The summed E-state index contributed by atoms with van der Waals surface area (Å²) in [6.45, 7) is 0.183. The van der Waals surface area contributed by atoms with E-state index in [0.29, 0.717) is 5.75 Å². The van der Waals surface area contributed by atoms with E-state index in [2.05, 4.69) is 0 Å². The van der Waals surface area contributed by atoms with Gasteiger partial charge in [-0.05, 0) is 35.9 Å². The average Bonchev–Trinajstić information content (AvgIpc) is 2.97. The van der Waals surface area contributed by atoms with Crippen LogP contribution in [0.3, 0.4) is 0 Å². The number of fused-ring (bicyclic) bond motifs is 1. The van der Waals surface area contributed by atoms with Gasteiger partial charge in [-0.2, -0.15) is 0 Å². The van der Waals surface area contributed by atoms with E-state index >= 15 is 0 Å². The normalized spacial score (nSPS) is 19.1. The van der Waals surface area contributed by atoms with E-state index in [-0.39, 0.29) is 25.4 Å². The summed E-state index contributed by atoms with van der Waals surface area (Å²) in [5.41, 5.74) is 1.95. The predicted octanol–water partition coefficient (Wildman–Crippen LogP) is 2.89. The molecule has 1 aliphatic rings. The van der Waals surface area contributed by atoms with Gasteiger partial charge in [-0.25, -0.2) is 0 Å². The molecule has 0 unspecified atom stereocenters. The highest BCUT2D eigenvalue weighted by Crippen LogP contribution is 2.47. The zero-order chi connectivity index (χ0) is 16.2. The zero-order valence-corrected chi connectivity index (χ0v) is 13.2. The van der Waals surface area contributed by atoms with Crippen molar-refractivity contribution in [3.05, 3.63) is 53.6 Å². The molecule has 0 saturated heterocycles. The first-order valence-corrected chi connectivity index (χ1v) is 7.44. The van der Waals surface area contributed by atoms with Crippen molar-refractivity contribution < 1.29 is 24.1 Å². The maximum Gasteiger partial charge on any atom is 0.188 e. The molecule has 0 saturated carbocycles. The monoisotopic (exact) mass is 316 g/mol. The molecule has 23 heavy (non-hydrogen) atoms. The maximum absolute atomic E-state index is 9.84. The maximum atomic E-state index is 9.84. The summed E-state index contributed by atoms with van der Waals surface area (Å²) in [6.07, 6.45) is -0.224. The highest BCUT2D eigenvalue weighted by atomic mass is 16.7. The average molecular weight is 316 g/mol. The molecule has 0 bridgehead atoms. The van der Waals surface area contributed by atoms with Crippen LogP contribution >= 0.6 is 0 Å². The molecule has 3 rings (SSSR count). The Morgan fingerprint density at radius 1 is 1.04 bits per heavy atom. The minimum Gasteiger partial charge on any atom is -0.497 e. The summed E-state index contributed by atoms with van der Waals surface area (Å²) >= 11 is 0. The highest BCUT2D eigenvalue weighted by molar-refractivity contribution is 5.48. The Hall–Kier alpha value is -2.24. The molecule has 1 heterocycles. The minimum absolute atomic E-state index is 0.00255. The van der Waals surface area contributed by atoms with Gasteiger partial charge in [-0.15, -0.1) is 0 Å². The van der Waals surface area contributed by atoms with Gasteiger partial charge in [-0.1, -0.05) is 12.1 Å². The molecule has 5 heteroatoms. The Bertz CT molecular complexity index is 653. The van der Waals surface area contributed by atoms with Crippen LogP contribution in [0.4, 0.5) is 0 Å². The summed E-state index contributed by atoms with van der Waals surface area (Å²) in [6, 6.07) is 13.3. The molecule has 0 fully saturated rings. The van der Waals surface area contributed by atoms with Gasteiger partial charge in [0.05, 0.1) is 19.6 Å². The molecule has 5 nitrogen and oxygen atoms in total. The minimum atomic E-state index is -0.224. The largest absolute Gasteiger partial charge is 0.497 e. The number of rotatable bonds is 6. The third kappa shape index (κ3) is 3.11. The Morgan fingerprint density at radius 2 is 1.78 bits per heavy atom. The SMILES string of the molecule is COCOc1ccc2c(c1)[C@@H](CO)[C@H](c1ccc(OC)cc1)O2. The fraction of sp³-hybridized carbons (Fsp3) is 0.333. The number of hydrogen-bond donors (Lipinski definition) is 1. The van der Waals surface area contributed by atoms with Crippen LogP contribution in [0.2, 0.25) is 0 Å². The Kier molecular flexibility index (Phi) is 4.69. The van der Waals surface area contributed by atoms with Gasteiger partial charge in [0.1, 0.15) is 23.4 Å². The topological polar surface area (TPSA) is 57.2 Å². The molecule has 2 atom stereocenters. The van der Waals surface area contributed by atoms with Gasteiger partial charge >= 0.3 is 0 Å². The Morgan fingerprint density at radius 3 is 2.43 bits per heavy atom. The van der Waals surface area contributed by atoms with Gasteiger partial charge in [0.15, 0.2) is 6.79 Å². The van der Waals surface area contributed by atoms with E-state index in [1.54, 1.807) is 14.2 Å². The molecule has 0 aromatic heterocycles. The Balaban J connectivity index is 1.86. The van der Waals surface area contributed by atoms with E-state index in [0.717, 1.165) is 22.6 Å². The summed E-state index contributed by atoms with van der Waals surface area (Å²) in [5.74, 6) is 2.13. The van der Waals surface area contributed by atoms with E-state index in [9.17, 15) is 5.11 Å². The second-order valence-corrected chi connectivity index (χ2v) is 5.35. The summed E-state index contributed by atoms with van der Waals surface area (Å²) in [4.78, 5) is 0. The zero-order valence-electron chi connectivity index (χ0n) is 13.2. The smallest absolute Gasteiger partial charge is 0.188 e. The number of aliphatic hydroxyl groups is 1. The lowest BCUT2D eigenvalue weighted by Crippen LogP contribution is -2.13. The summed E-state index contributed by atoms with van der Waals surface area (Å²) in [7, 11) is 3.21. The van der Waals surface area contributed by atoms with Crippen molar-refractivity contribution in [2.45, 2.75) is 12.0 Å². The molecular formula is C18H20O5. The van der Waals surface area contributed by atoms with Crippen LogP contribution in [0.15, 0.2) is 42.5 Å². The van der Waals surface area contributed by atoms with Gasteiger partial charge in [0, 0.05) is 12.7 Å². The first-order chi connectivity index (χ1) is 11.3. The second kappa shape index (κ2) is 6.89. The standard InChI is InChI=1S/C18H20O5/c1-20-11-22-14-7-8-17-15(9-14)16(10-19)18(23-17)12-3-5-13(21-2)6-4-12/h3-9,16,18-19H,10-11H2,1-2H3/t16-,18+/m1/s1. The van der Waals surface area contributed by atoms with Crippen molar-refractivity contribution in [2.75, 3.05) is 27.6 Å². The number of benzene rings is 2. The third-order valence-electron chi connectivity index (χ3n) is 3.98. The molecule has 2 aromatic rings. The van der Waals surface area contributed by atoms with Crippen LogP contribution in [0.1, 0.15) is 23.1 Å². The lowest BCUT2D eigenvalue weighted by atomic mass is 9.92. The van der Waals surface area contributed by atoms with E-state index in [1.807, 2.05) is 42.5 Å². The quantitative estimate of drug-likeness (QED) is 0.831.